The first kappa shape index (κ1) is 32.3. The predicted molar refractivity (Wildman–Crippen MR) is 234 cm³/mol. The van der Waals surface area contributed by atoms with Gasteiger partial charge in [-0.25, -0.2) is 9.97 Å². The summed E-state index contributed by atoms with van der Waals surface area (Å²) in [6, 6.07) is 72.3. The first-order valence-electron chi connectivity index (χ1n) is 19.3. The molecule has 1 atom stereocenters. The van der Waals surface area contributed by atoms with E-state index in [9.17, 15) is 0 Å². The van der Waals surface area contributed by atoms with E-state index in [1.165, 1.54) is 71.3 Å². The van der Waals surface area contributed by atoms with Gasteiger partial charge >= 0.3 is 0 Å². The van der Waals surface area contributed by atoms with Crippen LogP contribution >= 0.6 is 0 Å². The fraction of sp³-hybridized carbons (Fsp3) is 0.0370. The minimum Gasteiger partial charge on any atom is -0.228 e. The maximum Gasteiger partial charge on any atom is 0.160 e. The summed E-state index contributed by atoms with van der Waals surface area (Å²) >= 11 is 0. The number of fused-ring (bicyclic) bond motifs is 7. The van der Waals surface area contributed by atoms with Crippen molar-refractivity contribution in [2.45, 2.75) is 12.3 Å². The third-order valence-corrected chi connectivity index (χ3v) is 12.0. The Kier molecular flexibility index (Phi) is 7.33. The molecule has 0 radical (unpaired) electrons. The molecule has 9 aromatic carbocycles. The highest BCUT2D eigenvalue weighted by Gasteiger charge is 2.40. The van der Waals surface area contributed by atoms with E-state index < -0.39 is 0 Å². The van der Waals surface area contributed by atoms with Gasteiger partial charge in [0.15, 0.2) is 5.82 Å². The van der Waals surface area contributed by atoms with Crippen molar-refractivity contribution in [2.75, 3.05) is 0 Å². The lowest BCUT2D eigenvalue weighted by atomic mass is 9.74. The topological polar surface area (TPSA) is 25.8 Å². The summed E-state index contributed by atoms with van der Waals surface area (Å²) in [6.45, 7) is 2.36. The van der Waals surface area contributed by atoms with E-state index in [0.29, 0.717) is 5.82 Å². The zero-order valence-corrected chi connectivity index (χ0v) is 30.9. The van der Waals surface area contributed by atoms with Crippen LogP contribution in [0.15, 0.2) is 200 Å². The van der Waals surface area contributed by atoms with Crippen LogP contribution in [0.25, 0.3) is 88.5 Å². The minimum absolute atomic E-state index is 0.296. The second kappa shape index (κ2) is 12.7. The van der Waals surface area contributed by atoms with Gasteiger partial charge in [-0.2, -0.15) is 0 Å². The second-order valence-electron chi connectivity index (χ2n) is 15.1. The molecule has 1 heterocycles. The van der Waals surface area contributed by atoms with Crippen LogP contribution in [0, 0.1) is 0 Å². The summed E-state index contributed by atoms with van der Waals surface area (Å²) in [6.07, 6.45) is 0. The fourth-order valence-electron chi connectivity index (χ4n) is 9.13. The van der Waals surface area contributed by atoms with Gasteiger partial charge in [0.1, 0.15) is 0 Å². The van der Waals surface area contributed by atoms with Gasteiger partial charge in [-0.3, -0.25) is 0 Å². The number of hydrogen-bond donors (Lipinski definition) is 0. The third-order valence-electron chi connectivity index (χ3n) is 12.0. The van der Waals surface area contributed by atoms with Crippen LogP contribution in [0.5, 0.6) is 0 Å². The molecule has 10 aromatic rings. The summed E-state index contributed by atoms with van der Waals surface area (Å²) in [4.78, 5) is 10.5. The molecule has 0 amide bonds. The SMILES string of the molecule is CC1(c2ccccc2)c2ccccc2-c2ccc(-c3cc(-c4ccccc4)nc(-c4ccc(-c5c6ccccc6cc6c5ccc5ccccc56)cc4)n3)cc21. The molecule has 1 aliphatic rings. The molecular formula is C54H36N2. The smallest absolute Gasteiger partial charge is 0.160 e. The summed E-state index contributed by atoms with van der Waals surface area (Å²) in [5.41, 5.74) is 13.5. The number of rotatable bonds is 5. The van der Waals surface area contributed by atoms with Crippen molar-refractivity contribution in [3.8, 4) is 56.2 Å². The lowest BCUT2D eigenvalue weighted by Crippen LogP contribution is -2.22. The predicted octanol–water partition coefficient (Wildman–Crippen LogP) is 13.9. The van der Waals surface area contributed by atoms with E-state index in [1.54, 1.807) is 0 Å². The molecule has 11 rings (SSSR count). The summed E-state index contributed by atoms with van der Waals surface area (Å²) < 4.78 is 0. The Morgan fingerprint density at radius 3 is 1.77 bits per heavy atom. The summed E-state index contributed by atoms with van der Waals surface area (Å²) in [5.74, 6) is 0.705. The molecule has 56 heavy (non-hydrogen) atoms. The van der Waals surface area contributed by atoms with Crippen molar-refractivity contribution in [3.05, 3.63) is 217 Å². The molecule has 262 valence electrons. The highest BCUT2D eigenvalue weighted by Crippen LogP contribution is 2.53. The van der Waals surface area contributed by atoms with Gasteiger partial charge in [-0.05, 0) is 96.4 Å². The lowest BCUT2D eigenvalue weighted by Gasteiger charge is -2.28. The maximum absolute atomic E-state index is 5.32. The molecule has 0 fully saturated rings. The lowest BCUT2D eigenvalue weighted by molar-refractivity contribution is 0.714. The highest BCUT2D eigenvalue weighted by molar-refractivity contribution is 6.20. The molecule has 0 saturated heterocycles. The van der Waals surface area contributed by atoms with E-state index in [2.05, 4.69) is 201 Å². The minimum atomic E-state index is -0.296. The fourth-order valence-corrected chi connectivity index (χ4v) is 9.13. The Morgan fingerprint density at radius 2 is 0.964 bits per heavy atom. The van der Waals surface area contributed by atoms with E-state index in [1.807, 2.05) is 6.07 Å². The van der Waals surface area contributed by atoms with E-state index in [-0.39, 0.29) is 5.41 Å². The van der Waals surface area contributed by atoms with Crippen molar-refractivity contribution in [1.82, 2.24) is 9.97 Å². The molecule has 1 aliphatic carbocycles. The van der Waals surface area contributed by atoms with Crippen molar-refractivity contribution in [1.29, 1.82) is 0 Å². The van der Waals surface area contributed by atoms with Gasteiger partial charge in [0.25, 0.3) is 0 Å². The Bertz CT molecular complexity index is 3130. The average Bonchev–Trinajstić information content (AvgIpc) is 3.54. The van der Waals surface area contributed by atoms with Crippen molar-refractivity contribution < 1.29 is 0 Å². The first-order chi connectivity index (χ1) is 27.6. The number of hydrogen-bond acceptors (Lipinski definition) is 2. The average molecular weight is 713 g/mol. The van der Waals surface area contributed by atoms with Gasteiger partial charge in [0.05, 0.1) is 11.4 Å². The molecule has 0 spiro atoms. The zero-order chi connectivity index (χ0) is 37.2. The standard InChI is InChI=1S/C54H36N2/c1-54(41-18-6-3-7-19-41)48-23-13-12-22-44(48)45-30-29-40(33-49(45)54)51-34-50(36-15-4-2-5-16-36)55-53(56-51)38-26-24-37(25-27-38)52-43-21-11-9-17-39(43)32-47-42-20-10-8-14-35(42)28-31-46(47)52/h2-34H,1H3. The van der Waals surface area contributed by atoms with Crippen LogP contribution < -0.4 is 0 Å². The Hall–Kier alpha value is -7.16. The van der Waals surface area contributed by atoms with E-state index >= 15 is 0 Å². The quantitative estimate of drug-likeness (QED) is 0.131. The largest absolute Gasteiger partial charge is 0.228 e. The summed E-state index contributed by atoms with van der Waals surface area (Å²) in [7, 11) is 0. The van der Waals surface area contributed by atoms with Crippen LogP contribution in [0.3, 0.4) is 0 Å². The van der Waals surface area contributed by atoms with Gasteiger partial charge < -0.3 is 0 Å². The molecule has 0 N–H and O–H groups in total. The molecule has 1 aromatic heterocycles. The number of aromatic nitrogens is 2. The molecule has 2 nitrogen and oxygen atoms in total. The van der Waals surface area contributed by atoms with Crippen LogP contribution in [-0.2, 0) is 5.41 Å². The Balaban J connectivity index is 1.06. The van der Waals surface area contributed by atoms with E-state index in [4.69, 9.17) is 9.97 Å². The first-order valence-corrected chi connectivity index (χ1v) is 19.3. The number of nitrogens with zero attached hydrogens (tertiary/aromatic N) is 2. The van der Waals surface area contributed by atoms with Gasteiger partial charge in [0, 0.05) is 22.1 Å². The monoisotopic (exact) mass is 712 g/mol. The Morgan fingerprint density at radius 1 is 0.357 bits per heavy atom. The van der Waals surface area contributed by atoms with Crippen molar-refractivity contribution in [3.63, 3.8) is 0 Å². The normalized spacial score (nSPS) is 14.6. The molecule has 0 saturated carbocycles. The van der Waals surface area contributed by atoms with E-state index in [0.717, 1.165) is 28.1 Å². The van der Waals surface area contributed by atoms with Gasteiger partial charge in [-0.15, -0.1) is 0 Å². The zero-order valence-electron chi connectivity index (χ0n) is 30.9. The molecule has 1 unspecified atom stereocenters. The highest BCUT2D eigenvalue weighted by atomic mass is 14.9. The van der Waals surface area contributed by atoms with Crippen LogP contribution in [-0.4, -0.2) is 9.97 Å². The molecule has 0 bridgehead atoms. The molecular weight excluding hydrogens is 677 g/mol. The van der Waals surface area contributed by atoms with Gasteiger partial charge in [0.2, 0.25) is 0 Å². The maximum atomic E-state index is 5.32. The Labute approximate surface area is 326 Å². The van der Waals surface area contributed by atoms with Crippen molar-refractivity contribution in [2.24, 2.45) is 0 Å². The van der Waals surface area contributed by atoms with Crippen LogP contribution in [0.2, 0.25) is 0 Å². The third kappa shape index (κ3) is 5.03. The van der Waals surface area contributed by atoms with Gasteiger partial charge in [-0.1, -0.05) is 182 Å². The van der Waals surface area contributed by atoms with Crippen LogP contribution in [0.4, 0.5) is 0 Å². The molecule has 2 heteroatoms. The second-order valence-corrected chi connectivity index (χ2v) is 15.1. The van der Waals surface area contributed by atoms with Crippen molar-refractivity contribution >= 4 is 32.3 Å². The molecule has 0 aliphatic heterocycles. The number of benzene rings is 9. The summed E-state index contributed by atoms with van der Waals surface area (Å²) in [5, 5.41) is 7.52. The van der Waals surface area contributed by atoms with Crippen LogP contribution in [0.1, 0.15) is 23.6 Å².